The van der Waals surface area contributed by atoms with Gasteiger partial charge in [-0.05, 0) is 31.9 Å². The van der Waals surface area contributed by atoms with Crippen LogP contribution in [0.2, 0.25) is 0 Å². The zero-order valence-corrected chi connectivity index (χ0v) is 13.3. The zero-order chi connectivity index (χ0) is 14.7. The summed E-state index contributed by atoms with van der Waals surface area (Å²) >= 11 is 0. The lowest BCUT2D eigenvalue weighted by Gasteiger charge is -2.17. The summed E-state index contributed by atoms with van der Waals surface area (Å²) in [6.45, 7) is 0. The number of likely N-dealkylation sites (N-methyl/N-ethyl adjacent to an activating group) is 1. The van der Waals surface area contributed by atoms with E-state index in [0.29, 0.717) is 6.04 Å². The second-order valence-electron chi connectivity index (χ2n) is 6.51. The Balaban J connectivity index is 1.67. The van der Waals surface area contributed by atoms with Gasteiger partial charge in [0.05, 0.1) is 11.2 Å². The summed E-state index contributed by atoms with van der Waals surface area (Å²) < 4.78 is 2.01. The van der Waals surface area contributed by atoms with Crippen molar-refractivity contribution >= 4 is 10.9 Å². The lowest BCUT2D eigenvalue weighted by atomic mass is 9.96. The van der Waals surface area contributed by atoms with Crippen LogP contribution in [0, 0.1) is 5.92 Å². The Hall–Kier alpha value is -1.35. The van der Waals surface area contributed by atoms with Gasteiger partial charge in [-0.15, -0.1) is 0 Å². The molecule has 0 amide bonds. The van der Waals surface area contributed by atoms with Crippen LogP contribution in [-0.4, -0.2) is 22.9 Å². The molecule has 0 spiro atoms. The zero-order valence-electron chi connectivity index (χ0n) is 13.3. The first-order chi connectivity index (χ1) is 10.3. The van der Waals surface area contributed by atoms with E-state index in [9.17, 15) is 0 Å². The van der Waals surface area contributed by atoms with Crippen molar-refractivity contribution in [2.24, 2.45) is 13.0 Å². The number of para-hydroxylation sites is 1. The van der Waals surface area contributed by atoms with Crippen LogP contribution in [0.4, 0.5) is 0 Å². The Morgan fingerprint density at radius 3 is 2.81 bits per heavy atom. The molecule has 1 fully saturated rings. The molecule has 1 aromatic heterocycles. The van der Waals surface area contributed by atoms with Crippen LogP contribution < -0.4 is 5.32 Å². The number of rotatable bonds is 6. The van der Waals surface area contributed by atoms with Crippen molar-refractivity contribution in [2.75, 3.05) is 7.05 Å². The van der Waals surface area contributed by atoms with E-state index in [0.717, 1.165) is 12.3 Å². The third kappa shape index (κ3) is 3.29. The highest BCUT2D eigenvalue weighted by Gasteiger charge is 2.18. The van der Waals surface area contributed by atoms with E-state index in [1.165, 1.54) is 55.1 Å². The Bertz CT molecular complexity index is 581. The highest BCUT2D eigenvalue weighted by Crippen LogP contribution is 2.29. The minimum absolute atomic E-state index is 0.545. The number of hydrogen-bond acceptors (Lipinski definition) is 2. The molecule has 0 bridgehead atoms. The number of nitrogens with zero attached hydrogens (tertiary/aromatic N) is 2. The van der Waals surface area contributed by atoms with Crippen LogP contribution in [-0.2, 0) is 13.5 Å². The van der Waals surface area contributed by atoms with E-state index in [1.807, 2.05) is 11.7 Å². The minimum Gasteiger partial charge on any atom is -0.317 e. The molecule has 1 aliphatic rings. The molecule has 1 aliphatic carbocycles. The van der Waals surface area contributed by atoms with E-state index < -0.39 is 0 Å². The maximum absolute atomic E-state index is 4.73. The summed E-state index contributed by atoms with van der Waals surface area (Å²) in [7, 11) is 4.13. The lowest BCUT2D eigenvalue weighted by Crippen LogP contribution is -2.28. The first kappa shape index (κ1) is 14.6. The van der Waals surface area contributed by atoms with Crippen LogP contribution in [0.1, 0.15) is 44.2 Å². The summed E-state index contributed by atoms with van der Waals surface area (Å²) in [5.41, 5.74) is 2.47. The SMILES string of the molecule is CNC(CCC1CCCC1)Cc1nn(C)c2ccccc12. The summed E-state index contributed by atoms with van der Waals surface area (Å²) in [5, 5.41) is 9.54. The average molecular weight is 285 g/mol. The Morgan fingerprint density at radius 1 is 1.29 bits per heavy atom. The quantitative estimate of drug-likeness (QED) is 0.877. The smallest absolute Gasteiger partial charge is 0.0718 e. The molecule has 3 rings (SSSR count). The second kappa shape index (κ2) is 6.61. The van der Waals surface area contributed by atoms with Crippen LogP contribution in [0.3, 0.4) is 0 Å². The average Bonchev–Trinajstić information content (AvgIpc) is 3.13. The predicted octanol–water partition coefficient (Wildman–Crippen LogP) is 3.67. The third-order valence-electron chi connectivity index (χ3n) is 5.08. The summed E-state index contributed by atoms with van der Waals surface area (Å²) in [6, 6.07) is 9.09. The molecule has 1 unspecified atom stereocenters. The van der Waals surface area contributed by atoms with Crippen LogP contribution in [0.5, 0.6) is 0 Å². The van der Waals surface area contributed by atoms with Crippen LogP contribution >= 0.6 is 0 Å². The van der Waals surface area contributed by atoms with Gasteiger partial charge in [0.2, 0.25) is 0 Å². The van der Waals surface area contributed by atoms with Gasteiger partial charge in [-0.25, -0.2) is 0 Å². The molecule has 3 heteroatoms. The summed E-state index contributed by atoms with van der Waals surface area (Å²) in [6.07, 6.45) is 9.46. The fourth-order valence-corrected chi connectivity index (χ4v) is 3.76. The minimum atomic E-state index is 0.545. The second-order valence-corrected chi connectivity index (χ2v) is 6.51. The maximum Gasteiger partial charge on any atom is 0.0718 e. The Labute approximate surface area is 127 Å². The fourth-order valence-electron chi connectivity index (χ4n) is 3.76. The first-order valence-electron chi connectivity index (χ1n) is 8.36. The predicted molar refractivity (Wildman–Crippen MR) is 88.5 cm³/mol. The monoisotopic (exact) mass is 285 g/mol. The molecule has 1 atom stereocenters. The number of aryl methyl sites for hydroxylation is 1. The molecule has 2 aromatic rings. The first-order valence-corrected chi connectivity index (χ1v) is 8.36. The molecule has 1 heterocycles. The Morgan fingerprint density at radius 2 is 2.05 bits per heavy atom. The lowest BCUT2D eigenvalue weighted by molar-refractivity contribution is 0.416. The van der Waals surface area contributed by atoms with Gasteiger partial charge >= 0.3 is 0 Å². The number of fused-ring (bicyclic) bond motifs is 1. The van der Waals surface area contributed by atoms with Crippen molar-refractivity contribution in [3.05, 3.63) is 30.0 Å². The Kier molecular flexibility index (Phi) is 4.59. The van der Waals surface area contributed by atoms with Gasteiger partial charge in [0.15, 0.2) is 0 Å². The van der Waals surface area contributed by atoms with Crippen molar-refractivity contribution < 1.29 is 0 Å². The standard InChI is InChI=1S/C18H27N3/c1-19-15(12-11-14-7-3-4-8-14)13-17-16-9-5-6-10-18(16)21(2)20-17/h5-6,9-10,14-15,19H,3-4,7-8,11-13H2,1-2H3. The number of benzene rings is 1. The fraction of sp³-hybridized carbons (Fsp3) is 0.611. The van der Waals surface area contributed by atoms with E-state index >= 15 is 0 Å². The molecular weight excluding hydrogens is 258 g/mol. The van der Waals surface area contributed by atoms with E-state index in [2.05, 4.69) is 36.6 Å². The largest absolute Gasteiger partial charge is 0.317 e. The van der Waals surface area contributed by atoms with Crippen molar-refractivity contribution in [1.29, 1.82) is 0 Å². The molecular formula is C18H27N3. The van der Waals surface area contributed by atoms with Gasteiger partial charge in [0.1, 0.15) is 0 Å². The van der Waals surface area contributed by atoms with Crippen LogP contribution in [0.15, 0.2) is 24.3 Å². The molecule has 114 valence electrons. The molecule has 1 N–H and O–H groups in total. The van der Waals surface area contributed by atoms with E-state index in [4.69, 9.17) is 5.10 Å². The molecule has 0 saturated heterocycles. The van der Waals surface area contributed by atoms with E-state index in [1.54, 1.807) is 0 Å². The molecule has 21 heavy (non-hydrogen) atoms. The van der Waals surface area contributed by atoms with Crippen LogP contribution in [0.25, 0.3) is 10.9 Å². The molecule has 1 saturated carbocycles. The van der Waals surface area contributed by atoms with Gasteiger partial charge in [0.25, 0.3) is 0 Å². The molecule has 0 radical (unpaired) electrons. The topological polar surface area (TPSA) is 29.9 Å². The van der Waals surface area contributed by atoms with E-state index in [-0.39, 0.29) is 0 Å². The number of hydrogen-bond donors (Lipinski definition) is 1. The van der Waals surface area contributed by atoms with Crippen molar-refractivity contribution in [1.82, 2.24) is 15.1 Å². The summed E-state index contributed by atoms with van der Waals surface area (Å²) in [5.74, 6) is 0.973. The molecule has 1 aromatic carbocycles. The van der Waals surface area contributed by atoms with Crippen molar-refractivity contribution in [3.63, 3.8) is 0 Å². The number of aromatic nitrogens is 2. The van der Waals surface area contributed by atoms with Gasteiger partial charge in [-0.1, -0.05) is 43.9 Å². The van der Waals surface area contributed by atoms with Crippen molar-refractivity contribution in [2.45, 2.75) is 51.0 Å². The van der Waals surface area contributed by atoms with Crippen molar-refractivity contribution in [3.8, 4) is 0 Å². The third-order valence-corrected chi connectivity index (χ3v) is 5.08. The maximum atomic E-state index is 4.73. The number of nitrogens with one attached hydrogen (secondary N) is 1. The highest BCUT2D eigenvalue weighted by molar-refractivity contribution is 5.81. The normalized spacial score (nSPS) is 17.6. The molecule has 0 aliphatic heterocycles. The van der Waals surface area contributed by atoms with Gasteiger partial charge < -0.3 is 5.32 Å². The van der Waals surface area contributed by atoms with Gasteiger partial charge in [-0.3, -0.25) is 4.68 Å². The summed E-state index contributed by atoms with van der Waals surface area (Å²) in [4.78, 5) is 0. The van der Waals surface area contributed by atoms with Gasteiger partial charge in [0, 0.05) is 24.9 Å². The molecule has 3 nitrogen and oxygen atoms in total. The highest BCUT2D eigenvalue weighted by atomic mass is 15.3. The van der Waals surface area contributed by atoms with Gasteiger partial charge in [-0.2, -0.15) is 5.10 Å².